The van der Waals surface area contributed by atoms with Crippen LogP contribution in [0.15, 0.2) is 0 Å². The highest BCUT2D eigenvalue weighted by atomic mass is 32.2. The number of hydrogen-bond donors (Lipinski definition) is 2. The molecule has 2 saturated carbocycles. The van der Waals surface area contributed by atoms with Gasteiger partial charge in [-0.25, -0.2) is 17.2 Å². The lowest BCUT2D eigenvalue weighted by molar-refractivity contribution is -0.125. The zero-order valence-electron chi connectivity index (χ0n) is 10.0. The van der Waals surface area contributed by atoms with Gasteiger partial charge in [-0.05, 0) is 26.2 Å². The standard InChI is InChI=1S/C10H16F2N2O3S/c1-8(2-3-8)18(16,17)14-7(15)9(13)4-5-10(11,12)6-9/h2-6,13H2,1H3,(H,14,15)/t9-/m1/s1. The van der Waals surface area contributed by atoms with E-state index in [0.717, 1.165) is 0 Å². The third-order valence-electron chi connectivity index (χ3n) is 3.79. The highest BCUT2D eigenvalue weighted by molar-refractivity contribution is 7.91. The Hall–Kier alpha value is -0.760. The average molecular weight is 282 g/mol. The van der Waals surface area contributed by atoms with E-state index in [-0.39, 0.29) is 6.42 Å². The van der Waals surface area contributed by atoms with E-state index in [1.165, 1.54) is 6.92 Å². The van der Waals surface area contributed by atoms with Gasteiger partial charge in [0.05, 0.1) is 4.75 Å². The average Bonchev–Trinajstić information content (AvgIpc) is 2.87. The van der Waals surface area contributed by atoms with Crippen molar-refractivity contribution in [3.63, 3.8) is 0 Å². The van der Waals surface area contributed by atoms with Crippen molar-refractivity contribution in [1.82, 2.24) is 4.72 Å². The number of alkyl halides is 2. The molecule has 0 bridgehead atoms. The number of nitrogens with two attached hydrogens (primary N) is 1. The summed E-state index contributed by atoms with van der Waals surface area (Å²) in [6, 6.07) is 0. The molecule has 0 aliphatic heterocycles. The molecule has 2 fully saturated rings. The Labute approximate surface area is 104 Å². The van der Waals surface area contributed by atoms with E-state index >= 15 is 0 Å². The number of hydrogen-bond acceptors (Lipinski definition) is 4. The highest BCUT2D eigenvalue weighted by Gasteiger charge is 2.55. The van der Waals surface area contributed by atoms with Crippen molar-refractivity contribution >= 4 is 15.9 Å². The van der Waals surface area contributed by atoms with Crippen LogP contribution in [0, 0.1) is 0 Å². The Morgan fingerprint density at radius 2 is 1.78 bits per heavy atom. The zero-order valence-corrected chi connectivity index (χ0v) is 10.8. The Kier molecular flexibility index (Phi) is 2.76. The maximum absolute atomic E-state index is 13.1. The zero-order chi connectivity index (χ0) is 13.8. The Morgan fingerprint density at radius 1 is 1.22 bits per heavy atom. The topological polar surface area (TPSA) is 89.3 Å². The molecule has 0 unspecified atom stereocenters. The van der Waals surface area contributed by atoms with Gasteiger partial charge < -0.3 is 5.73 Å². The first-order chi connectivity index (χ1) is 8.00. The second-order valence-corrected chi connectivity index (χ2v) is 7.77. The summed E-state index contributed by atoms with van der Waals surface area (Å²) in [5, 5.41) is 0. The lowest BCUT2D eigenvalue weighted by Crippen LogP contribution is -2.55. The van der Waals surface area contributed by atoms with Crippen LogP contribution in [0.3, 0.4) is 0 Å². The summed E-state index contributed by atoms with van der Waals surface area (Å²) in [4.78, 5) is 11.8. The monoisotopic (exact) mass is 282 g/mol. The van der Waals surface area contributed by atoms with Crippen molar-refractivity contribution < 1.29 is 22.0 Å². The van der Waals surface area contributed by atoms with Gasteiger partial charge in [-0.2, -0.15) is 0 Å². The van der Waals surface area contributed by atoms with Gasteiger partial charge in [0.2, 0.25) is 10.0 Å². The van der Waals surface area contributed by atoms with Crippen molar-refractivity contribution in [3.8, 4) is 0 Å². The van der Waals surface area contributed by atoms with E-state index in [4.69, 9.17) is 5.73 Å². The second-order valence-electron chi connectivity index (χ2n) is 5.57. The van der Waals surface area contributed by atoms with Crippen LogP contribution >= 0.6 is 0 Å². The smallest absolute Gasteiger partial charge is 0.253 e. The molecule has 0 radical (unpaired) electrons. The van der Waals surface area contributed by atoms with Gasteiger partial charge in [0.25, 0.3) is 11.8 Å². The van der Waals surface area contributed by atoms with Gasteiger partial charge in [-0.3, -0.25) is 9.52 Å². The van der Waals surface area contributed by atoms with Crippen molar-refractivity contribution in [2.24, 2.45) is 5.73 Å². The third kappa shape index (κ3) is 2.23. The number of carbonyl (C=O) groups excluding carboxylic acids is 1. The van der Waals surface area contributed by atoms with Crippen molar-refractivity contribution in [2.45, 2.75) is 55.2 Å². The molecular formula is C10H16F2N2O3S. The third-order valence-corrected chi connectivity index (χ3v) is 5.95. The summed E-state index contributed by atoms with van der Waals surface area (Å²) in [5.74, 6) is -4.02. The van der Waals surface area contributed by atoms with Crippen LogP contribution in [-0.2, 0) is 14.8 Å². The van der Waals surface area contributed by atoms with E-state index < -0.39 is 45.0 Å². The van der Waals surface area contributed by atoms with E-state index in [0.29, 0.717) is 12.8 Å². The fraction of sp³-hybridized carbons (Fsp3) is 0.900. The molecule has 0 aromatic carbocycles. The van der Waals surface area contributed by atoms with E-state index in [1.54, 1.807) is 0 Å². The van der Waals surface area contributed by atoms with Crippen LogP contribution in [-0.4, -0.2) is 30.5 Å². The molecule has 3 N–H and O–H groups in total. The fourth-order valence-electron chi connectivity index (χ4n) is 2.03. The van der Waals surface area contributed by atoms with Crippen LogP contribution in [0.5, 0.6) is 0 Å². The van der Waals surface area contributed by atoms with Gasteiger partial charge in [0, 0.05) is 12.8 Å². The summed E-state index contributed by atoms with van der Waals surface area (Å²) in [7, 11) is -3.82. The van der Waals surface area contributed by atoms with Gasteiger partial charge in [-0.15, -0.1) is 0 Å². The summed E-state index contributed by atoms with van der Waals surface area (Å²) in [6.07, 6.45) is -0.586. The molecule has 0 saturated heterocycles. The number of amides is 1. The molecule has 2 rings (SSSR count). The predicted octanol–water partition coefficient (Wildman–Crippen LogP) is 0.502. The molecule has 1 atom stereocenters. The molecule has 0 spiro atoms. The Balaban J connectivity index is 2.10. The molecule has 0 heterocycles. The largest absolute Gasteiger partial charge is 0.317 e. The molecule has 5 nitrogen and oxygen atoms in total. The second kappa shape index (κ2) is 3.63. The Morgan fingerprint density at radius 3 is 2.17 bits per heavy atom. The number of rotatable bonds is 3. The molecule has 2 aliphatic carbocycles. The maximum Gasteiger partial charge on any atom is 0.253 e. The molecule has 8 heteroatoms. The molecular weight excluding hydrogens is 266 g/mol. The summed E-state index contributed by atoms with van der Waals surface area (Å²) in [5.41, 5.74) is 3.80. The van der Waals surface area contributed by atoms with E-state index in [2.05, 4.69) is 0 Å². The lowest BCUT2D eigenvalue weighted by Gasteiger charge is -2.23. The molecule has 104 valence electrons. The molecule has 1 amide bonds. The van der Waals surface area contributed by atoms with Crippen LogP contribution in [0.4, 0.5) is 8.78 Å². The first-order valence-corrected chi connectivity index (χ1v) is 7.22. The van der Waals surface area contributed by atoms with Crippen LogP contribution in [0.25, 0.3) is 0 Å². The van der Waals surface area contributed by atoms with Crippen molar-refractivity contribution in [3.05, 3.63) is 0 Å². The van der Waals surface area contributed by atoms with Gasteiger partial charge in [-0.1, -0.05) is 0 Å². The fourth-order valence-corrected chi connectivity index (χ4v) is 3.36. The highest BCUT2D eigenvalue weighted by Crippen LogP contribution is 2.43. The first-order valence-electron chi connectivity index (χ1n) is 5.73. The number of sulfonamides is 1. The summed E-state index contributed by atoms with van der Waals surface area (Å²) in [6.45, 7) is 1.51. The molecule has 18 heavy (non-hydrogen) atoms. The minimum absolute atomic E-state index is 0.210. The molecule has 2 aliphatic rings. The minimum Gasteiger partial charge on any atom is -0.317 e. The quantitative estimate of drug-likeness (QED) is 0.789. The predicted molar refractivity (Wildman–Crippen MR) is 60.4 cm³/mol. The van der Waals surface area contributed by atoms with E-state index in [1.807, 2.05) is 4.72 Å². The van der Waals surface area contributed by atoms with Crippen LogP contribution < -0.4 is 10.5 Å². The Bertz CT molecular complexity index is 487. The number of nitrogens with one attached hydrogen (secondary N) is 1. The van der Waals surface area contributed by atoms with Crippen LogP contribution in [0.2, 0.25) is 0 Å². The van der Waals surface area contributed by atoms with Gasteiger partial charge >= 0.3 is 0 Å². The maximum atomic E-state index is 13.1. The number of halogens is 2. The van der Waals surface area contributed by atoms with Gasteiger partial charge in [0.15, 0.2) is 0 Å². The SMILES string of the molecule is CC1(S(=O)(=O)NC(=O)[C@@]2(N)CCC(F)(F)C2)CC1. The molecule has 0 aromatic heterocycles. The number of carbonyl (C=O) groups is 1. The molecule has 0 aromatic rings. The van der Waals surface area contributed by atoms with Crippen molar-refractivity contribution in [2.75, 3.05) is 0 Å². The summed E-state index contributed by atoms with van der Waals surface area (Å²) < 4.78 is 50.7. The summed E-state index contributed by atoms with van der Waals surface area (Å²) >= 11 is 0. The lowest BCUT2D eigenvalue weighted by atomic mass is 9.98. The van der Waals surface area contributed by atoms with Gasteiger partial charge in [0.1, 0.15) is 5.54 Å². The first kappa shape index (κ1) is 13.7. The minimum atomic E-state index is -3.82. The van der Waals surface area contributed by atoms with Crippen LogP contribution in [0.1, 0.15) is 39.0 Å². The van der Waals surface area contributed by atoms with Crippen molar-refractivity contribution in [1.29, 1.82) is 0 Å². The normalized spacial score (nSPS) is 33.1. The van der Waals surface area contributed by atoms with E-state index in [9.17, 15) is 22.0 Å².